The Kier molecular flexibility index (Phi) is 4.95. The van der Waals surface area contributed by atoms with E-state index in [1.54, 1.807) is 12.1 Å². The molecule has 1 nitrogen and oxygen atoms in total. The first kappa shape index (κ1) is 15.2. The maximum Gasteiger partial charge on any atom is 0.123 e. The topological polar surface area (TPSA) is 12.0 Å². The highest BCUT2D eigenvalue weighted by Crippen LogP contribution is 2.30. The molecule has 1 N–H and O–H groups in total. The maximum absolute atomic E-state index is 13.7. The summed E-state index contributed by atoms with van der Waals surface area (Å²) in [6, 6.07) is 11.4. The summed E-state index contributed by atoms with van der Waals surface area (Å²) < 4.78 is 14.7. The summed E-state index contributed by atoms with van der Waals surface area (Å²) in [5, 5.41) is 3.43. The molecule has 106 valence electrons. The molecule has 0 aliphatic carbocycles. The van der Waals surface area contributed by atoms with Gasteiger partial charge in [-0.1, -0.05) is 41.1 Å². The minimum atomic E-state index is -0.189. The maximum atomic E-state index is 13.7. The Balaban J connectivity index is 2.49. The molecule has 0 heterocycles. The van der Waals surface area contributed by atoms with Crippen LogP contribution in [-0.4, -0.2) is 6.54 Å². The summed E-state index contributed by atoms with van der Waals surface area (Å²) in [5.41, 5.74) is 4.22. The van der Waals surface area contributed by atoms with Crippen molar-refractivity contribution in [2.45, 2.75) is 26.8 Å². The fraction of sp³-hybridized carbons (Fsp3) is 0.294. The van der Waals surface area contributed by atoms with Crippen molar-refractivity contribution >= 4 is 15.9 Å². The van der Waals surface area contributed by atoms with Crippen LogP contribution in [0.1, 0.15) is 35.2 Å². The van der Waals surface area contributed by atoms with E-state index in [1.165, 1.54) is 5.56 Å². The third-order valence-electron chi connectivity index (χ3n) is 3.27. The van der Waals surface area contributed by atoms with Crippen LogP contribution in [0.25, 0.3) is 0 Å². The SMILES string of the molecule is CCNC(c1cc(C)cc(F)c1)c1ccc(C)cc1Br. The predicted octanol–water partition coefficient (Wildman–Crippen LogP) is 4.90. The highest BCUT2D eigenvalue weighted by atomic mass is 79.9. The Morgan fingerprint density at radius 1 is 1.10 bits per heavy atom. The summed E-state index contributed by atoms with van der Waals surface area (Å²) >= 11 is 3.62. The molecule has 1 atom stereocenters. The van der Waals surface area contributed by atoms with E-state index in [1.807, 2.05) is 13.0 Å². The number of benzene rings is 2. The van der Waals surface area contributed by atoms with Gasteiger partial charge in [0, 0.05) is 4.47 Å². The number of nitrogens with one attached hydrogen (secondary N) is 1. The standard InChI is InChI=1S/C17H19BrFN/c1-4-20-17(13-7-12(3)8-14(19)10-13)15-6-5-11(2)9-16(15)18/h5-10,17,20H,4H2,1-3H3. The van der Waals surface area contributed by atoms with Crippen LogP contribution in [0.5, 0.6) is 0 Å². The second-order valence-corrected chi connectivity index (χ2v) is 5.93. The van der Waals surface area contributed by atoms with Gasteiger partial charge in [0.2, 0.25) is 0 Å². The van der Waals surface area contributed by atoms with Gasteiger partial charge in [-0.2, -0.15) is 0 Å². The van der Waals surface area contributed by atoms with Gasteiger partial charge in [0.25, 0.3) is 0 Å². The summed E-state index contributed by atoms with van der Waals surface area (Å²) in [6.07, 6.45) is 0. The van der Waals surface area contributed by atoms with Crippen LogP contribution in [0.4, 0.5) is 4.39 Å². The van der Waals surface area contributed by atoms with Crippen molar-refractivity contribution in [3.05, 3.63) is 68.9 Å². The van der Waals surface area contributed by atoms with Crippen molar-refractivity contribution in [2.24, 2.45) is 0 Å². The molecule has 0 saturated heterocycles. The minimum absolute atomic E-state index is 0.00984. The third kappa shape index (κ3) is 3.47. The predicted molar refractivity (Wildman–Crippen MR) is 85.5 cm³/mol. The molecule has 1 unspecified atom stereocenters. The van der Waals surface area contributed by atoms with Gasteiger partial charge in [-0.15, -0.1) is 0 Å². The molecule has 2 rings (SSSR count). The van der Waals surface area contributed by atoms with Crippen LogP contribution < -0.4 is 5.32 Å². The molecule has 0 spiro atoms. The van der Waals surface area contributed by atoms with Gasteiger partial charge < -0.3 is 5.32 Å². The largest absolute Gasteiger partial charge is 0.306 e. The van der Waals surface area contributed by atoms with E-state index >= 15 is 0 Å². The van der Waals surface area contributed by atoms with E-state index in [0.29, 0.717) is 0 Å². The lowest BCUT2D eigenvalue weighted by Crippen LogP contribution is -2.22. The highest BCUT2D eigenvalue weighted by molar-refractivity contribution is 9.10. The molecule has 0 aliphatic heterocycles. The van der Waals surface area contributed by atoms with Gasteiger partial charge >= 0.3 is 0 Å². The van der Waals surface area contributed by atoms with Crippen molar-refractivity contribution in [1.29, 1.82) is 0 Å². The van der Waals surface area contributed by atoms with Gasteiger partial charge in [0.15, 0.2) is 0 Å². The van der Waals surface area contributed by atoms with Gasteiger partial charge in [-0.25, -0.2) is 4.39 Å². The fourth-order valence-electron chi connectivity index (χ4n) is 2.41. The molecular formula is C17H19BrFN. The van der Waals surface area contributed by atoms with Crippen molar-refractivity contribution in [2.75, 3.05) is 6.54 Å². The molecule has 3 heteroatoms. The van der Waals surface area contributed by atoms with E-state index in [9.17, 15) is 4.39 Å². The third-order valence-corrected chi connectivity index (χ3v) is 3.96. The molecule has 20 heavy (non-hydrogen) atoms. The first-order valence-electron chi connectivity index (χ1n) is 6.77. The normalized spacial score (nSPS) is 12.4. The molecular weight excluding hydrogens is 317 g/mol. The summed E-state index contributed by atoms with van der Waals surface area (Å²) in [5.74, 6) is -0.189. The van der Waals surface area contributed by atoms with Crippen LogP contribution in [0.15, 0.2) is 40.9 Å². The molecule has 0 radical (unpaired) electrons. The average Bonchev–Trinajstić information content (AvgIpc) is 2.35. The Morgan fingerprint density at radius 3 is 2.45 bits per heavy atom. The number of hydrogen-bond acceptors (Lipinski definition) is 1. The van der Waals surface area contributed by atoms with E-state index in [0.717, 1.165) is 27.7 Å². The Hall–Kier alpha value is -1.19. The molecule has 0 aliphatic rings. The summed E-state index contributed by atoms with van der Waals surface area (Å²) in [4.78, 5) is 0. The molecule has 0 fully saturated rings. The van der Waals surface area contributed by atoms with E-state index in [4.69, 9.17) is 0 Å². The highest BCUT2D eigenvalue weighted by Gasteiger charge is 2.17. The number of halogens is 2. The van der Waals surface area contributed by atoms with Crippen molar-refractivity contribution < 1.29 is 4.39 Å². The minimum Gasteiger partial charge on any atom is -0.306 e. The van der Waals surface area contributed by atoms with Crippen LogP contribution in [0.3, 0.4) is 0 Å². The smallest absolute Gasteiger partial charge is 0.123 e. The molecule has 0 aromatic heterocycles. The fourth-order valence-corrected chi connectivity index (χ4v) is 3.13. The molecule has 2 aromatic rings. The lowest BCUT2D eigenvalue weighted by atomic mass is 9.96. The van der Waals surface area contributed by atoms with Crippen molar-refractivity contribution in [1.82, 2.24) is 5.32 Å². The average molecular weight is 336 g/mol. The molecule has 0 bridgehead atoms. The lowest BCUT2D eigenvalue weighted by Gasteiger charge is -2.21. The van der Waals surface area contributed by atoms with Gasteiger partial charge in [0.05, 0.1) is 6.04 Å². The van der Waals surface area contributed by atoms with Crippen molar-refractivity contribution in [3.63, 3.8) is 0 Å². The Bertz CT molecular complexity index is 590. The van der Waals surface area contributed by atoms with E-state index < -0.39 is 0 Å². The summed E-state index contributed by atoms with van der Waals surface area (Å²) in [6.45, 7) is 6.85. The second kappa shape index (κ2) is 6.51. The zero-order chi connectivity index (χ0) is 14.7. The van der Waals surface area contributed by atoms with Gasteiger partial charge in [-0.3, -0.25) is 0 Å². The first-order valence-corrected chi connectivity index (χ1v) is 7.57. The zero-order valence-electron chi connectivity index (χ0n) is 12.0. The van der Waals surface area contributed by atoms with Crippen LogP contribution in [-0.2, 0) is 0 Å². The number of hydrogen-bond donors (Lipinski definition) is 1. The zero-order valence-corrected chi connectivity index (χ0v) is 13.6. The van der Waals surface area contributed by atoms with E-state index in [2.05, 4.69) is 53.3 Å². The quantitative estimate of drug-likeness (QED) is 0.837. The Morgan fingerprint density at radius 2 is 1.85 bits per heavy atom. The Labute approximate surface area is 128 Å². The molecule has 2 aromatic carbocycles. The molecule has 0 amide bonds. The lowest BCUT2D eigenvalue weighted by molar-refractivity contribution is 0.601. The monoisotopic (exact) mass is 335 g/mol. The number of aryl methyl sites for hydroxylation is 2. The molecule has 0 saturated carbocycles. The van der Waals surface area contributed by atoms with Crippen LogP contribution in [0.2, 0.25) is 0 Å². The first-order chi connectivity index (χ1) is 9.51. The van der Waals surface area contributed by atoms with Crippen molar-refractivity contribution in [3.8, 4) is 0 Å². The number of rotatable bonds is 4. The second-order valence-electron chi connectivity index (χ2n) is 5.08. The van der Waals surface area contributed by atoms with Gasteiger partial charge in [0.1, 0.15) is 5.82 Å². The van der Waals surface area contributed by atoms with Crippen LogP contribution in [0, 0.1) is 19.7 Å². The summed E-state index contributed by atoms with van der Waals surface area (Å²) in [7, 11) is 0. The van der Waals surface area contributed by atoms with Gasteiger partial charge in [-0.05, 0) is 60.8 Å². The van der Waals surface area contributed by atoms with E-state index in [-0.39, 0.29) is 11.9 Å². The van der Waals surface area contributed by atoms with Crippen LogP contribution >= 0.6 is 15.9 Å².